The summed E-state index contributed by atoms with van der Waals surface area (Å²) in [4.78, 5) is 22.9. The zero-order valence-electron chi connectivity index (χ0n) is 14.9. The highest BCUT2D eigenvalue weighted by molar-refractivity contribution is 5.91. The molecular weight excluding hydrogens is 336 g/mol. The van der Waals surface area contributed by atoms with E-state index in [2.05, 4.69) is 20.2 Å². The fourth-order valence-corrected chi connectivity index (χ4v) is 2.74. The highest BCUT2D eigenvalue weighted by atomic mass is 16.5. The summed E-state index contributed by atoms with van der Waals surface area (Å²) in [5.74, 6) is 2.32. The van der Waals surface area contributed by atoms with Gasteiger partial charge < -0.3 is 24.4 Å². The van der Waals surface area contributed by atoms with E-state index in [1.807, 2.05) is 6.07 Å². The van der Waals surface area contributed by atoms with Crippen LogP contribution in [0.4, 0.5) is 11.6 Å². The van der Waals surface area contributed by atoms with E-state index in [1.165, 1.54) is 6.33 Å². The monoisotopic (exact) mass is 358 g/mol. The lowest BCUT2D eigenvalue weighted by molar-refractivity contribution is -0.115. The van der Waals surface area contributed by atoms with Crippen molar-refractivity contribution in [3.05, 3.63) is 36.2 Å². The first kappa shape index (κ1) is 17.9. The minimum Gasteiger partial charge on any atom is -0.493 e. The van der Waals surface area contributed by atoms with E-state index in [4.69, 9.17) is 14.2 Å². The molecule has 1 aromatic carbocycles. The SMILES string of the molecule is COc1ccc(CC(=O)Nc2cc(N3CCOCC3)ncn2)cc1OC. The number of aromatic nitrogens is 2. The summed E-state index contributed by atoms with van der Waals surface area (Å²) in [6.07, 6.45) is 1.66. The van der Waals surface area contributed by atoms with Gasteiger partial charge in [0.05, 0.1) is 33.9 Å². The molecule has 1 aromatic heterocycles. The van der Waals surface area contributed by atoms with Gasteiger partial charge in [0.15, 0.2) is 11.5 Å². The number of carbonyl (C=O) groups excluding carboxylic acids is 1. The van der Waals surface area contributed by atoms with E-state index >= 15 is 0 Å². The van der Waals surface area contributed by atoms with Crippen molar-refractivity contribution in [3.8, 4) is 11.5 Å². The van der Waals surface area contributed by atoms with Crippen LogP contribution in [0.25, 0.3) is 0 Å². The number of hydrogen-bond donors (Lipinski definition) is 1. The summed E-state index contributed by atoms with van der Waals surface area (Å²) in [6, 6.07) is 7.18. The standard InChI is InChI=1S/C18H22N4O4/c1-24-14-4-3-13(9-15(14)25-2)10-18(23)21-16-11-17(20-12-19-16)22-5-7-26-8-6-22/h3-4,9,11-12H,5-8,10H2,1-2H3,(H,19,20,21,23). The van der Waals surface area contributed by atoms with Gasteiger partial charge in [0, 0.05) is 19.2 Å². The largest absolute Gasteiger partial charge is 0.493 e. The number of amides is 1. The fraction of sp³-hybridized carbons (Fsp3) is 0.389. The normalized spacial score (nSPS) is 14.0. The van der Waals surface area contributed by atoms with Crippen molar-refractivity contribution in [1.29, 1.82) is 0 Å². The van der Waals surface area contributed by atoms with Gasteiger partial charge in [-0.2, -0.15) is 0 Å². The van der Waals surface area contributed by atoms with Crippen molar-refractivity contribution < 1.29 is 19.0 Å². The Morgan fingerprint density at radius 2 is 1.92 bits per heavy atom. The molecule has 1 aliphatic heterocycles. The number of nitrogens with zero attached hydrogens (tertiary/aromatic N) is 3. The first-order valence-corrected chi connectivity index (χ1v) is 8.35. The second-order valence-electron chi connectivity index (χ2n) is 5.78. The summed E-state index contributed by atoms with van der Waals surface area (Å²) < 4.78 is 15.8. The smallest absolute Gasteiger partial charge is 0.229 e. The van der Waals surface area contributed by atoms with Crippen LogP contribution in [0.2, 0.25) is 0 Å². The number of hydrogen-bond acceptors (Lipinski definition) is 7. The Hall–Kier alpha value is -2.87. The van der Waals surface area contributed by atoms with Crippen molar-refractivity contribution >= 4 is 17.5 Å². The molecule has 1 saturated heterocycles. The van der Waals surface area contributed by atoms with Gasteiger partial charge in [-0.05, 0) is 17.7 Å². The Balaban J connectivity index is 1.64. The number of benzene rings is 1. The minimum absolute atomic E-state index is 0.163. The third-order valence-electron chi connectivity index (χ3n) is 4.07. The van der Waals surface area contributed by atoms with E-state index in [9.17, 15) is 4.79 Å². The van der Waals surface area contributed by atoms with Crippen LogP contribution in [0.3, 0.4) is 0 Å². The molecule has 1 aliphatic rings. The highest BCUT2D eigenvalue weighted by Gasteiger charge is 2.14. The zero-order chi connectivity index (χ0) is 18.4. The van der Waals surface area contributed by atoms with Crippen LogP contribution >= 0.6 is 0 Å². The molecular formula is C18H22N4O4. The molecule has 0 atom stereocenters. The van der Waals surface area contributed by atoms with Crippen molar-refractivity contribution in [2.24, 2.45) is 0 Å². The predicted molar refractivity (Wildman–Crippen MR) is 96.9 cm³/mol. The van der Waals surface area contributed by atoms with E-state index in [0.717, 1.165) is 24.5 Å². The average molecular weight is 358 g/mol. The van der Waals surface area contributed by atoms with Gasteiger partial charge >= 0.3 is 0 Å². The number of nitrogens with one attached hydrogen (secondary N) is 1. The molecule has 1 fully saturated rings. The molecule has 1 N–H and O–H groups in total. The van der Waals surface area contributed by atoms with Gasteiger partial charge in [-0.15, -0.1) is 0 Å². The van der Waals surface area contributed by atoms with E-state index in [1.54, 1.807) is 32.4 Å². The van der Waals surface area contributed by atoms with Gasteiger partial charge in [0.2, 0.25) is 5.91 Å². The molecule has 138 valence electrons. The van der Waals surface area contributed by atoms with Gasteiger partial charge in [-0.3, -0.25) is 4.79 Å². The maximum Gasteiger partial charge on any atom is 0.229 e. The Morgan fingerprint density at radius 1 is 1.15 bits per heavy atom. The van der Waals surface area contributed by atoms with Gasteiger partial charge in [0.1, 0.15) is 18.0 Å². The lowest BCUT2D eigenvalue weighted by atomic mass is 10.1. The van der Waals surface area contributed by atoms with Crippen LogP contribution in [0, 0.1) is 0 Å². The molecule has 2 aromatic rings. The molecule has 26 heavy (non-hydrogen) atoms. The second kappa shape index (κ2) is 8.48. The maximum absolute atomic E-state index is 12.3. The summed E-state index contributed by atoms with van der Waals surface area (Å²) in [6.45, 7) is 2.89. The maximum atomic E-state index is 12.3. The Labute approximate surface area is 152 Å². The number of rotatable bonds is 6. The first-order chi connectivity index (χ1) is 12.7. The summed E-state index contributed by atoms with van der Waals surface area (Å²) in [7, 11) is 3.14. The quantitative estimate of drug-likeness (QED) is 0.838. The van der Waals surface area contributed by atoms with Crippen molar-refractivity contribution in [2.75, 3.05) is 50.7 Å². The molecule has 0 spiro atoms. The lowest BCUT2D eigenvalue weighted by Crippen LogP contribution is -2.36. The van der Waals surface area contributed by atoms with Crippen molar-refractivity contribution in [2.45, 2.75) is 6.42 Å². The Kier molecular flexibility index (Phi) is 5.85. The molecule has 8 heteroatoms. The number of morpholine rings is 1. The second-order valence-corrected chi connectivity index (χ2v) is 5.78. The first-order valence-electron chi connectivity index (χ1n) is 8.35. The number of anilines is 2. The molecule has 0 radical (unpaired) electrons. The fourth-order valence-electron chi connectivity index (χ4n) is 2.74. The van der Waals surface area contributed by atoms with Crippen molar-refractivity contribution in [3.63, 3.8) is 0 Å². The molecule has 0 unspecified atom stereocenters. The van der Waals surface area contributed by atoms with Gasteiger partial charge in [-0.25, -0.2) is 9.97 Å². The van der Waals surface area contributed by atoms with Crippen LogP contribution in [-0.2, 0) is 16.0 Å². The lowest BCUT2D eigenvalue weighted by Gasteiger charge is -2.27. The van der Waals surface area contributed by atoms with E-state index in [0.29, 0.717) is 30.5 Å². The van der Waals surface area contributed by atoms with Crippen LogP contribution in [0.5, 0.6) is 11.5 Å². The van der Waals surface area contributed by atoms with Crippen LogP contribution in [0.1, 0.15) is 5.56 Å². The predicted octanol–water partition coefficient (Wildman–Crippen LogP) is 1.51. The molecule has 2 heterocycles. The number of carbonyl (C=O) groups is 1. The van der Waals surface area contributed by atoms with Crippen molar-refractivity contribution in [1.82, 2.24) is 9.97 Å². The summed E-state index contributed by atoms with van der Waals surface area (Å²) >= 11 is 0. The van der Waals surface area contributed by atoms with Gasteiger partial charge in [0.25, 0.3) is 0 Å². The third-order valence-corrected chi connectivity index (χ3v) is 4.07. The Morgan fingerprint density at radius 3 is 2.65 bits per heavy atom. The van der Waals surface area contributed by atoms with Crippen LogP contribution < -0.4 is 19.7 Å². The third kappa shape index (κ3) is 4.40. The number of methoxy groups -OCH3 is 2. The summed E-state index contributed by atoms with van der Waals surface area (Å²) in [5.41, 5.74) is 0.822. The topological polar surface area (TPSA) is 85.8 Å². The average Bonchev–Trinajstić information content (AvgIpc) is 2.68. The molecule has 8 nitrogen and oxygen atoms in total. The number of ether oxygens (including phenoxy) is 3. The minimum atomic E-state index is -0.163. The molecule has 0 aliphatic carbocycles. The van der Waals surface area contributed by atoms with E-state index in [-0.39, 0.29) is 12.3 Å². The van der Waals surface area contributed by atoms with Crippen LogP contribution in [-0.4, -0.2) is 56.4 Å². The molecule has 3 rings (SSSR count). The van der Waals surface area contributed by atoms with Crippen LogP contribution in [0.15, 0.2) is 30.6 Å². The summed E-state index contributed by atoms with van der Waals surface area (Å²) in [5, 5.41) is 2.82. The van der Waals surface area contributed by atoms with Gasteiger partial charge in [-0.1, -0.05) is 6.07 Å². The molecule has 0 bridgehead atoms. The van der Waals surface area contributed by atoms with E-state index < -0.39 is 0 Å². The highest BCUT2D eigenvalue weighted by Crippen LogP contribution is 2.27. The zero-order valence-corrected chi connectivity index (χ0v) is 14.9. The molecule has 0 saturated carbocycles. The Bertz CT molecular complexity index is 763. The molecule has 1 amide bonds.